The van der Waals surface area contributed by atoms with Gasteiger partial charge in [-0.2, -0.15) is 0 Å². The Bertz CT molecular complexity index is 103. The van der Waals surface area contributed by atoms with Gasteiger partial charge >= 0.3 is 0 Å². The van der Waals surface area contributed by atoms with Crippen molar-refractivity contribution < 1.29 is 4.74 Å². The molecule has 1 N–H and O–H groups in total. The van der Waals surface area contributed by atoms with Crippen LogP contribution in [0.3, 0.4) is 0 Å². The zero-order valence-corrected chi connectivity index (χ0v) is 9.65. The predicted molar refractivity (Wildman–Crippen MR) is 58.1 cm³/mol. The molecule has 0 aromatic rings. The molecule has 2 aliphatic heterocycles. The van der Waals surface area contributed by atoms with Crippen molar-refractivity contribution in [2.45, 2.75) is 40.5 Å². The molecule has 2 rings (SSSR count). The van der Waals surface area contributed by atoms with Gasteiger partial charge in [-0.05, 0) is 12.8 Å². The summed E-state index contributed by atoms with van der Waals surface area (Å²) >= 11 is 0. The third kappa shape index (κ3) is 3.65. The highest BCUT2D eigenvalue weighted by molar-refractivity contribution is 4.93. The van der Waals surface area contributed by atoms with Gasteiger partial charge in [-0.15, -0.1) is 0 Å². The topological polar surface area (TPSA) is 21.3 Å². The van der Waals surface area contributed by atoms with Crippen LogP contribution in [0.25, 0.3) is 0 Å². The molecule has 0 bridgehead atoms. The van der Waals surface area contributed by atoms with E-state index in [1.54, 1.807) is 0 Å². The van der Waals surface area contributed by atoms with E-state index in [-0.39, 0.29) is 0 Å². The third-order valence-corrected chi connectivity index (χ3v) is 2.40. The first-order valence-electron chi connectivity index (χ1n) is 5.70. The first-order valence-corrected chi connectivity index (χ1v) is 5.70. The Hall–Kier alpha value is -0.0800. The molecule has 80 valence electrons. The van der Waals surface area contributed by atoms with Gasteiger partial charge in [0.05, 0.1) is 6.61 Å². The van der Waals surface area contributed by atoms with Crippen molar-refractivity contribution >= 4 is 0 Å². The fourth-order valence-corrected chi connectivity index (χ4v) is 1.67. The van der Waals surface area contributed by atoms with E-state index in [4.69, 9.17) is 4.74 Å². The zero-order chi connectivity index (χ0) is 10.2. The quantitative estimate of drug-likeness (QED) is 0.629. The lowest BCUT2D eigenvalue weighted by atomic mass is 9.77. The van der Waals surface area contributed by atoms with Gasteiger partial charge in [0.2, 0.25) is 0 Å². The van der Waals surface area contributed by atoms with E-state index in [9.17, 15) is 0 Å². The molecule has 0 amide bonds. The molecule has 2 fully saturated rings. The number of nitrogens with one attached hydrogen (secondary N) is 1. The number of hydrogen-bond acceptors (Lipinski definition) is 2. The predicted octanol–water partition coefficient (Wildman–Crippen LogP) is 2.44. The average molecular weight is 187 g/mol. The van der Waals surface area contributed by atoms with Crippen molar-refractivity contribution in [3.05, 3.63) is 0 Å². The highest BCUT2D eigenvalue weighted by atomic mass is 16.5. The van der Waals surface area contributed by atoms with Gasteiger partial charge in [-0.25, -0.2) is 0 Å². The molecule has 0 aromatic carbocycles. The van der Waals surface area contributed by atoms with E-state index >= 15 is 0 Å². The molecule has 13 heavy (non-hydrogen) atoms. The van der Waals surface area contributed by atoms with E-state index in [1.165, 1.54) is 25.9 Å². The maximum absolute atomic E-state index is 5.39. The molecule has 2 heterocycles. The lowest BCUT2D eigenvalue weighted by Gasteiger charge is -2.44. The van der Waals surface area contributed by atoms with E-state index in [0.717, 1.165) is 13.2 Å². The largest absolute Gasteiger partial charge is 0.381 e. The maximum Gasteiger partial charge on any atom is 0.0546 e. The maximum atomic E-state index is 5.39. The van der Waals surface area contributed by atoms with Gasteiger partial charge in [-0.3, -0.25) is 0 Å². The van der Waals surface area contributed by atoms with Gasteiger partial charge < -0.3 is 10.1 Å². The van der Waals surface area contributed by atoms with Crippen molar-refractivity contribution in [3.8, 4) is 0 Å². The summed E-state index contributed by atoms with van der Waals surface area (Å²) in [6.45, 7) is 12.4. The van der Waals surface area contributed by atoms with Crippen LogP contribution in [-0.4, -0.2) is 26.3 Å². The Morgan fingerprint density at radius 1 is 1.08 bits per heavy atom. The van der Waals surface area contributed by atoms with Crippen LogP contribution in [0.4, 0.5) is 0 Å². The van der Waals surface area contributed by atoms with Crippen molar-refractivity contribution in [3.63, 3.8) is 0 Å². The Balaban J connectivity index is 0.000000322. The molecule has 1 spiro atoms. The smallest absolute Gasteiger partial charge is 0.0546 e. The summed E-state index contributed by atoms with van der Waals surface area (Å²) in [4.78, 5) is 0. The van der Waals surface area contributed by atoms with Crippen LogP contribution in [0.1, 0.15) is 40.5 Å². The van der Waals surface area contributed by atoms with Crippen molar-refractivity contribution in [2.24, 2.45) is 5.41 Å². The van der Waals surface area contributed by atoms with Crippen LogP contribution in [0.15, 0.2) is 0 Å². The summed E-state index contributed by atoms with van der Waals surface area (Å²) < 4.78 is 5.39. The van der Waals surface area contributed by atoms with Crippen molar-refractivity contribution in [2.75, 3.05) is 26.3 Å². The van der Waals surface area contributed by atoms with Crippen LogP contribution in [-0.2, 0) is 4.74 Å². The van der Waals surface area contributed by atoms with Crippen molar-refractivity contribution in [1.29, 1.82) is 0 Å². The fraction of sp³-hybridized carbons (Fsp3) is 1.00. The van der Waals surface area contributed by atoms with Gasteiger partial charge in [-0.1, -0.05) is 27.7 Å². The highest BCUT2D eigenvalue weighted by Gasteiger charge is 2.38. The summed E-state index contributed by atoms with van der Waals surface area (Å²) in [7, 11) is 0. The van der Waals surface area contributed by atoms with Crippen LogP contribution in [0.2, 0.25) is 0 Å². The average Bonchev–Trinajstić information content (AvgIpc) is 2.23. The molecule has 0 aliphatic carbocycles. The second kappa shape index (κ2) is 7.34. The van der Waals surface area contributed by atoms with E-state index in [2.05, 4.69) is 5.32 Å². The normalized spacial score (nSPS) is 23.1. The fourth-order valence-electron chi connectivity index (χ4n) is 1.67. The van der Waals surface area contributed by atoms with Crippen LogP contribution in [0.5, 0.6) is 0 Å². The van der Waals surface area contributed by atoms with E-state index in [1.807, 2.05) is 27.7 Å². The van der Waals surface area contributed by atoms with E-state index in [0.29, 0.717) is 5.41 Å². The number of ether oxygens (including phenoxy) is 1. The van der Waals surface area contributed by atoms with Gasteiger partial charge in [0.25, 0.3) is 0 Å². The molecule has 2 saturated heterocycles. The Kier molecular flexibility index (Phi) is 7.29. The molecule has 2 aliphatic rings. The van der Waals surface area contributed by atoms with Crippen molar-refractivity contribution in [1.82, 2.24) is 5.32 Å². The van der Waals surface area contributed by atoms with Gasteiger partial charge in [0.1, 0.15) is 0 Å². The molecule has 0 radical (unpaired) electrons. The second-order valence-corrected chi connectivity index (χ2v) is 3.26. The summed E-state index contributed by atoms with van der Waals surface area (Å²) in [6, 6.07) is 0. The molecule has 0 saturated carbocycles. The van der Waals surface area contributed by atoms with Gasteiger partial charge in [0.15, 0.2) is 0 Å². The molecule has 0 atom stereocenters. The molecule has 2 nitrogen and oxygen atoms in total. The summed E-state index contributed by atoms with van der Waals surface area (Å²) in [6.07, 6.45) is 2.64. The Morgan fingerprint density at radius 2 is 1.69 bits per heavy atom. The minimum Gasteiger partial charge on any atom is -0.381 e. The molecule has 2 heteroatoms. The number of rotatable bonds is 0. The lowest BCUT2D eigenvalue weighted by Crippen LogP contribution is -2.57. The molecule has 0 unspecified atom stereocenters. The Labute approximate surface area is 83.1 Å². The molecular formula is C11H25NO. The summed E-state index contributed by atoms with van der Waals surface area (Å²) in [5, 5.41) is 3.29. The highest BCUT2D eigenvalue weighted by Crippen LogP contribution is 2.31. The molecular weight excluding hydrogens is 162 g/mol. The SMILES string of the molecule is C1COCC2(C1)CNC2.CC.CC. The summed E-state index contributed by atoms with van der Waals surface area (Å²) in [5.41, 5.74) is 0.568. The first-order chi connectivity index (χ1) is 6.41. The van der Waals surface area contributed by atoms with Crippen LogP contribution >= 0.6 is 0 Å². The first kappa shape index (κ1) is 12.9. The summed E-state index contributed by atoms with van der Waals surface area (Å²) in [5.74, 6) is 0. The minimum atomic E-state index is 0.568. The van der Waals surface area contributed by atoms with Crippen LogP contribution < -0.4 is 5.32 Å². The van der Waals surface area contributed by atoms with Gasteiger partial charge in [0, 0.05) is 25.1 Å². The lowest BCUT2D eigenvalue weighted by molar-refractivity contribution is -0.0366. The third-order valence-electron chi connectivity index (χ3n) is 2.40. The molecule has 0 aromatic heterocycles. The van der Waals surface area contributed by atoms with E-state index < -0.39 is 0 Å². The zero-order valence-electron chi connectivity index (χ0n) is 9.65. The minimum absolute atomic E-state index is 0.568. The number of hydrogen-bond donors (Lipinski definition) is 1. The van der Waals surface area contributed by atoms with Crippen LogP contribution in [0, 0.1) is 5.41 Å². The monoisotopic (exact) mass is 187 g/mol. The second-order valence-electron chi connectivity index (χ2n) is 3.26. The standard InChI is InChI=1S/C7H13NO.2C2H6/c1-2-7(4-8-5-7)6-9-3-1;2*1-2/h8H,1-6H2;2*1-2H3. The Morgan fingerprint density at radius 3 is 1.92 bits per heavy atom.